The minimum Gasteiger partial charge on any atom is -0.507 e. The van der Waals surface area contributed by atoms with Gasteiger partial charge in [0.25, 0.3) is 0 Å². The van der Waals surface area contributed by atoms with E-state index in [1.54, 1.807) is 36.8 Å². The summed E-state index contributed by atoms with van der Waals surface area (Å²) in [5.41, 5.74) is 4.36. The lowest BCUT2D eigenvalue weighted by molar-refractivity contribution is 0.474. The summed E-state index contributed by atoms with van der Waals surface area (Å²) >= 11 is 0. The summed E-state index contributed by atoms with van der Waals surface area (Å²) in [5.74, 6) is 0.211. The first kappa shape index (κ1) is 10.2. The summed E-state index contributed by atoms with van der Waals surface area (Å²) in [7, 11) is 0. The van der Waals surface area contributed by atoms with Gasteiger partial charge in [0.1, 0.15) is 5.75 Å². The molecule has 1 heterocycles. The van der Waals surface area contributed by atoms with Crippen molar-refractivity contribution in [3.8, 4) is 5.75 Å². The third-order valence-corrected chi connectivity index (χ3v) is 2.01. The molecule has 4 heteroatoms. The van der Waals surface area contributed by atoms with Crippen molar-refractivity contribution in [2.75, 3.05) is 5.43 Å². The van der Waals surface area contributed by atoms with Crippen molar-refractivity contribution < 1.29 is 5.11 Å². The molecule has 0 unspecified atom stereocenters. The Hall–Kier alpha value is -2.36. The molecule has 1 aromatic heterocycles. The number of benzene rings is 1. The Bertz CT molecular complexity index is 483. The largest absolute Gasteiger partial charge is 0.507 e. The van der Waals surface area contributed by atoms with Crippen LogP contribution in [0.1, 0.15) is 5.56 Å². The van der Waals surface area contributed by atoms with Crippen molar-refractivity contribution in [2.45, 2.75) is 0 Å². The average Bonchev–Trinajstić information content (AvgIpc) is 2.33. The standard InChI is InChI=1S/C12H11N3O/c16-12-4-2-1-3-10(12)9-14-15-11-5-7-13-8-6-11/h1-9,16H,(H,13,15)/b14-9+. The quantitative estimate of drug-likeness (QED) is 0.607. The molecular formula is C12H11N3O. The van der Waals surface area contributed by atoms with E-state index in [9.17, 15) is 5.11 Å². The van der Waals surface area contributed by atoms with E-state index >= 15 is 0 Å². The highest BCUT2D eigenvalue weighted by Gasteiger charge is 1.94. The fourth-order valence-electron chi connectivity index (χ4n) is 1.20. The summed E-state index contributed by atoms with van der Waals surface area (Å²) in [6.07, 6.45) is 4.92. The van der Waals surface area contributed by atoms with Gasteiger partial charge in [0.05, 0.1) is 11.9 Å². The highest BCUT2D eigenvalue weighted by molar-refractivity contribution is 5.83. The molecule has 0 spiro atoms. The van der Waals surface area contributed by atoms with Crippen LogP contribution in [0.25, 0.3) is 0 Å². The first-order valence-electron chi connectivity index (χ1n) is 4.83. The lowest BCUT2D eigenvalue weighted by Crippen LogP contribution is -1.90. The summed E-state index contributed by atoms with van der Waals surface area (Å²) in [6.45, 7) is 0. The summed E-state index contributed by atoms with van der Waals surface area (Å²) in [5, 5.41) is 13.5. The fourth-order valence-corrected chi connectivity index (χ4v) is 1.20. The van der Waals surface area contributed by atoms with Gasteiger partial charge in [-0.25, -0.2) is 0 Å². The smallest absolute Gasteiger partial charge is 0.124 e. The number of para-hydroxylation sites is 1. The molecule has 0 saturated heterocycles. The second kappa shape index (κ2) is 4.93. The van der Waals surface area contributed by atoms with Crippen LogP contribution in [-0.4, -0.2) is 16.3 Å². The number of aromatic hydroxyl groups is 1. The second-order valence-corrected chi connectivity index (χ2v) is 3.16. The zero-order chi connectivity index (χ0) is 11.2. The number of pyridine rings is 1. The summed E-state index contributed by atoms with van der Waals surface area (Å²) < 4.78 is 0. The zero-order valence-corrected chi connectivity index (χ0v) is 8.54. The van der Waals surface area contributed by atoms with E-state index in [1.165, 1.54) is 0 Å². The lowest BCUT2D eigenvalue weighted by Gasteiger charge is -1.99. The summed E-state index contributed by atoms with van der Waals surface area (Å²) in [4.78, 5) is 3.89. The predicted molar refractivity (Wildman–Crippen MR) is 63.6 cm³/mol. The van der Waals surface area contributed by atoms with Gasteiger partial charge in [-0.15, -0.1) is 0 Å². The molecule has 2 N–H and O–H groups in total. The molecule has 0 atom stereocenters. The van der Waals surface area contributed by atoms with Crippen LogP contribution in [0.3, 0.4) is 0 Å². The van der Waals surface area contributed by atoms with E-state index in [1.807, 2.05) is 18.2 Å². The van der Waals surface area contributed by atoms with Gasteiger partial charge in [0.15, 0.2) is 0 Å². The number of phenolic OH excluding ortho intramolecular Hbond substituents is 1. The van der Waals surface area contributed by atoms with Crippen molar-refractivity contribution in [3.05, 3.63) is 54.4 Å². The molecule has 0 fully saturated rings. The molecule has 16 heavy (non-hydrogen) atoms. The lowest BCUT2D eigenvalue weighted by atomic mass is 10.2. The maximum atomic E-state index is 9.48. The maximum Gasteiger partial charge on any atom is 0.124 e. The van der Waals surface area contributed by atoms with E-state index < -0.39 is 0 Å². The molecule has 0 bridgehead atoms. The number of aromatic nitrogens is 1. The highest BCUT2D eigenvalue weighted by Crippen LogP contribution is 2.12. The predicted octanol–water partition coefficient (Wildman–Crippen LogP) is 2.23. The van der Waals surface area contributed by atoms with Crippen LogP contribution in [-0.2, 0) is 0 Å². The van der Waals surface area contributed by atoms with Crippen LogP contribution in [0.5, 0.6) is 5.75 Å². The molecule has 0 radical (unpaired) electrons. The van der Waals surface area contributed by atoms with Crippen LogP contribution in [0.2, 0.25) is 0 Å². The Morgan fingerprint density at radius 3 is 2.62 bits per heavy atom. The third-order valence-electron chi connectivity index (χ3n) is 2.01. The van der Waals surface area contributed by atoms with Gasteiger partial charge >= 0.3 is 0 Å². The van der Waals surface area contributed by atoms with Crippen molar-refractivity contribution in [1.82, 2.24) is 4.98 Å². The average molecular weight is 213 g/mol. The van der Waals surface area contributed by atoms with E-state index in [0.29, 0.717) is 5.56 Å². The fraction of sp³-hybridized carbons (Fsp3) is 0. The Labute approximate surface area is 93.3 Å². The van der Waals surface area contributed by atoms with E-state index in [-0.39, 0.29) is 5.75 Å². The van der Waals surface area contributed by atoms with Gasteiger partial charge in [0, 0.05) is 18.0 Å². The number of nitrogens with one attached hydrogen (secondary N) is 1. The van der Waals surface area contributed by atoms with E-state index in [2.05, 4.69) is 15.5 Å². The Morgan fingerprint density at radius 2 is 1.88 bits per heavy atom. The van der Waals surface area contributed by atoms with Crippen molar-refractivity contribution >= 4 is 11.9 Å². The van der Waals surface area contributed by atoms with E-state index in [0.717, 1.165) is 5.69 Å². The van der Waals surface area contributed by atoms with E-state index in [4.69, 9.17) is 0 Å². The maximum absolute atomic E-state index is 9.48. The molecule has 0 aliphatic heterocycles. The van der Waals surface area contributed by atoms with Gasteiger partial charge in [0.2, 0.25) is 0 Å². The van der Waals surface area contributed by atoms with Gasteiger partial charge < -0.3 is 5.11 Å². The van der Waals surface area contributed by atoms with Crippen molar-refractivity contribution in [1.29, 1.82) is 0 Å². The molecule has 0 amide bonds. The van der Waals surface area contributed by atoms with Crippen LogP contribution in [0.4, 0.5) is 5.69 Å². The Morgan fingerprint density at radius 1 is 1.12 bits per heavy atom. The normalized spacial score (nSPS) is 10.5. The molecule has 2 rings (SSSR count). The molecule has 0 aliphatic carbocycles. The van der Waals surface area contributed by atoms with Gasteiger partial charge in [-0.3, -0.25) is 10.4 Å². The molecule has 0 aliphatic rings. The number of anilines is 1. The number of nitrogens with zero attached hydrogens (tertiary/aromatic N) is 2. The number of hydrazone groups is 1. The minimum absolute atomic E-state index is 0.211. The Balaban J connectivity index is 2.03. The number of hydrogen-bond donors (Lipinski definition) is 2. The molecule has 0 saturated carbocycles. The van der Waals surface area contributed by atoms with Crippen LogP contribution >= 0.6 is 0 Å². The molecule has 4 nitrogen and oxygen atoms in total. The minimum atomic E-state index is 0.211. The van der Waals surface area contributed by atoms with Crippen LogP contribution in [0.15, 0.2) is 53.9 Å². The SMILES string of the molecule is Oc1ccccc1/C=N/Nc1ccncc1. The molecule has 2 aromatic rings. The number of hydrogen-bond acceptors (Lipinski definition) is 4. The first-order chi connectivity index (χ1) is 7.86. The molecular weight excluding hydrogens is 202 g/mol. The Kier molecular flexibility index (Phi) is 3.13. The number of phenols is 1. The topological polar surface area (TPSA) is 57.5 Å². The third kappa shape index (κ3) is 2.57. The first-order valence-corrected chi connectivity index (χ1v) is 4.83. The van der Waals surface area contributed by atoms with Gasteiger partial charge in [-0.05, 0) is 24.3 Å². The monoisotopic (exact) mass is 213 g/mol. The number of rotatable bonds is 3. The van der Waals surface area contributed by atoms with Crippen LogP contribution in [0, 0.1) is 0 Å². The highest BCUT2D eigenvalue weighted by atomic mass is 16.3. The molecule has 80 valence electrons. The van der Waals surface area contributed by atoms with Crippen molar-refractivity contribution in [3.63, 3.8) is 0 Å². The van der Waals surface area contributed by atoms with Gasteiger partial charge in [-0.2, -0.15) is 5.10 Å². The molecule has 1 aromatic carbocycles. The summed E-state index contributed by atoms with van der Waals surface area (Å²) in [6, 6.07) is 10.6. The zero-order valence-electron chi connectivity index (χ0n) is 8.54. The second-order valence-electron chi connectivity index (χ2n) is 3.16. The van der Waals surface area contributed by atoms with Crippen molar-refractivity contribution in [2.24, 2.45) is 5.10 Å². The van der Waals surface area contributed by atoms with Crippen LogP contribution < -0.4 is 5.43 Å². The van der Waals surface area contributed by atoms with Gasteiger partial charge in [-0.1, -0.05) is 12.1 Å².